The Morgan fingerprint density at radius 3 is 2.38 bits per heavy atom. The van der Waals surface area contributed by atoms with E-state index in [0.717, 1.165) is 51.0 Å². The molecule has 0 aliphatic heterocycles. The molecule has 1 aliphatic rings. The molecule has 0 unspecified atom stereocenters. The number of fused-ring (bicyclic) bond motifs is 1. The summed E-state index contributed by atoms with van der Waals surface area (Å²) in [4.78, 5) is 9.68. The highest BCUT2D eigenvalue weighted by molar-refractivity contribution is 9.10. The fourth-order valence-electron chi connectivity index (χ4n) is 3.84. The average Bonchev–Trinajstić information content (AvgIpc) is 2.95. The first kappa shape index (κ1) is 17.5. The molecule has 0 bridgehead atoms. The Kier molecular flexibility index (Phi) is 4.74. The number of halogens is 1. The van der Waals surface area contributed by atoms with Crippen LogP contribution in [0.1, 0.15) is 49.2 Å². The third kappa shape index (κ3) is 3.25. The van der Waals surface area contributed by atoms with Crippen LogP contribution in [0.2, 0.25) is 0 Å². The van der Waals surface area contributed by atoms with E-state index in [0.29, 0.717) is 5.95 Å². The number of rotatable bonds is 3. The molecular weight excluding hydrogens is 390 g/mol. The van der Waals surface area contributed by atoms with Crippen LogP contribution in [0.15, 0.2) is 28.7 Å². The predicted octanol–water partition coefficient (Wildman–Crippen LogP) is 5.82. The third-order valence-corrected chi connectivity index (χ3v) is 5.68. The van der Waals surface area contributed by atoms with Crippen molar-refractivity contribution in [1.82, 2.24) is 14.5 Å². The van der Waals surface area contributed by atoms with E-state index in [1.807, 2.05) is 13.0 Å². The lowest BCUT2D eigenvalue weighted by Gasteiger charge is -2.24. The first-order valence-electron chi connectivity index (χ1n) is 9.33. The van der Waals surface area contributed by atoms with E-state index in [1.54, 1.807) is 0 Å². The van der Waals surface area contributed by atoms with Gasteiger partial charge in [-0.1, -0.05) is 22.4 Å². The summed E-state index contributed by atoms with van der Waals surface area (Å²) >= 11 is 3.62. The summed E-state index contributed by atoms with van der Waals surface area (Å²) in [6, 6.07) is 8.32. The lowest BCUT2D eigenvalue weighted by molar-refractivity contribution is 0.156. The van der Waals surface area contributed by atoms with E-state index in [4.69, 9.17) is 14.7 Å². The largest absolute Gasteiger partial charge is 0.488 e. The molecule has 2 aromatic heterocycles. The summed E-state index contributed by atoms with van der Waals surface area (Å²) in [6.07, 6.45) is 6.35. The van der Waals surface area contributed by atoms with Crippen LogP contribution in [0.5, 0.6) is 5.75 Å². The Morgan fingerprint density at radius 2 is 1.69 bits per heavy atom. The fraction of sp³-hybridized carbons (Fsp3) is 0.429. The predicted molar refractivity (Wildman–Crippen MR) is 108 cm³/mol. The van der Waals surface area contributed by atoms with Gasteiger partial charge in [0, 0.05) is 21.2 Å². The normalized spacial score (nSPS) is 15.5. The van der Waals surface area contributed by atoms with Crippen LogP contribution in [0.3, 0.4) is 0 Å². The minimum atomic E-state index is 0.287. The molecule has 26 heavy (non-hydrogen) atoms. The molecule has 0 spiro atoms. The summed E-state index contributed by atoms with van der Waals surface area (Å²) in [7, 11) is 0. The Labute approximate surface area is 162 Å². The van der Waals surface area contributed by atoms with Gasteiger partial charge in [-0.05, 0) is 70.7 Å². The maximum absolute atomic E-state index is 6.41. The average molecular weight is 414 g/mol. The van der Waals surface area contributed by atoms with Gasteiger partial charge in [-0.3, -0.25) is 4.57 Å². The smallest absolute Gasteiger partial charge is 0.235 e. The summed E-state index contributed by atoms with van der Waals surface area (Å²) in [5, 5.41) is 1.04. The summed E-state index contributed by atoms with van der Waals surface area (Å²) in [5.74, 6) is 1.57. The van der Waals surface area contributed by atoms with Crippen molar-refractivity contribution in [3.8, 4) is 11.7 Å². The molecule has 2 heterocycles. The number of aryl methyl sites for hydroxylation is 3. The first-order chi connectivity index (χ1) is 12.5. The van der Waals surface area contributed by atoms with E-state index >= 15 is 0 Å². The van der Waals surface area contributed by atoms with Crippen molar-refractivity contribution in [2.45, 2.75) is 59.0 Å². The van der Waals surface area contributed by atoms with Gasteiger partial charge in [-0.2, -0.15) is 0 Å². The summed E-state index contributed by atoms with van der Waals surface area (Å²) in [6.45, 7) is 6.20. The van der Waals surface area contributed by atoms with E-state index in [9.17, 15) is 0 Å². The Hall–Kier alpha value is -1.88. The Bertz CT molecular complexity index is 938. The van der Waals surface area contributed by atoms with Crippen LogP contribution in [0, 0.1) is 20.8 Å². The second-order valence-corrected chi connectivity index (χ2v) is 8.15. The van der Waals surface area contributed by atoms with Crippen LogP contribution in [0.25, 0.3) is 16.9 Å². The van der Waals surface area contributed by atoms with E-state index in [1.165, 1.54) is 19.3 Å². The third-order valence-electron chi connectivity index (χ3n) is 5.23. The maximum atomic E-state index is 6.41. The van der Waals surface area contributed by atoms with Crippen molar-refractivity contribution in [2.75, 3.05) is 0 Å². The minimum absolute atomic E-state index is 0.287. The number of nitrogens with zero attached hydrogens (tertiary/aromatic N) is 3. The molecule has 4 nitrogen and oxygen atoms in total. The van der Waals surface area contributed by atoms with Crippen molar-refractivity contribution in [3.63, 3.8) is 0 Å². The van der Waals surface area contributed by atoms with Crippen LogP contribution in [0.4, 0.5) is 0 Å². The summed E-state index contributed by atoms with van der Waals surface area (Å²) < 4.78 is 9.51. The molecule has 0 radical (unpaired) electrons. The molecule has 5 heteroatoms. The zero-order valence-corrected chi connectivity index (χ0v) is 17.1. The molecule has 1 aliphatic carbocycles. The van der Waals surface area contributed by atoms with Gasteiger partial charge in [-0.15, -0.1) is 0 Å². The van der Waals surface area contributed by atoms with Crippen LogP contribution in [-0.2, 0) is 0 Å². The van der Waals surface area contributed by atoms with Gasteiger partial charge < -0.3 is 4.74 Å². The van der Waals surface area contributed by atoms with Gasteiger partial charge >= 0.3 is 0 Å². The van der Waals surface area contributed by atoms with Crippen molar-refractivity contribution in [2.24, 2.45) is 0 Å². The highest BCUT2D eigenvalue weighted by Crippen LogP contribution is 2.33. The molecule has 0 atom stereocenters. The highest BCUT2D eigenvalue weighted by atomic mass is 79.9. The second kappa shape index (κ2) is 7.03. The lowest BCUT2D eigenvalue weighted by atomic mass is 9.98. The molecule has 1 fully saturated rings. The number of hydrogen-bond donors (Lipinski definition) is 0. The molecule has 1 aromatic carbocycles. The molecule has 4 rings (SSSR count). The van der Waals surface area contributed by atoms with E-state index in [2.05, 4.69) is 52.5 Å². The van der Waals surface area contributed by atoms with Gasteiger partial charge in [-0.25, -0.2) is 9.97 Å². The molecule has 1 saturated carbocycles. The molecule has 3 aromatic rings. The second-order valence-electron chi connectivity index (χ2n) is 7.24. The van der Waals surface area contributed by atoms with Crippen LogP contribution < -0.4 is 4.74 Å². The number of hydrogen-bond acceptors (Lipinski definition) is 3. The van der Waals surface area contributed by atoms with Gasteiger partial charge in [0.1, 0.15) is 11.3 Å². The Balaban J connectivity index is 1.85. The minimum Gasteiger partial charge on any atom is -0.488 e. The van der Waals surface area contributed by atoms with E-state index < -0.39 is 0 Å². The Morgan fingerprint density at radius 1 is 1.00 bits per heavy atom. The number of benzene rings is 1. The molecule has 0 N–H and O–H groups in total. The summed E-state index contributed by atoms with van der Waals surface area (Å²) in [5.41, 5.74) is 4.13. The molecule has 0 amide bonds. The standard InChI is InChI=1S/C21H24BrN3O/c1-13-9-10-14(2)25(13)21-23-15(3)18-11-16(22)12-19(20(18)24-21)26-17-7-5-4-6-8-17/h9-12,17H,4-8H2,1-3H3. The zero-order valence-electron chi connectivity index (χ0n) is 15.6. The van der Waals surface area contributed by atoms with Crippen molar-refractivity contribution in [3.05, 3.63) is 45.8 Å². The van der Waals surface area contributed by atoms with Gasteiger partial charge in [0.25, 0.3) is 0 Å². The van der Waals surface area contributed by atoms with Gasteiger partial charge in [0.15, 0.2) is 0 Å². The van der Waals surface area contributed by atoms with Gasteiger partial charge in [0.2, 0.25) is 5.95 Å². The van der Waals surface area contributed by atoms with Crippen molar-refractivity contribution < 1.29 is 4.74 Å². The number of ether oxygens (including phenoxy) is 1. The monoisotopic (exact) mass is 413 g/mol. The maximum Gasteiger partial charge on any atom is 0.235 e. The van der Waals surface area contributed by atoms with E-state index in [-0.39, 0.29) is 6.10 Å². The van der Waals surface area contributed by atoms with Crippen molar-refractivity contribution >= 4 is 26.8 Å². The first-order valence-corrected chi connectivity index (χ1v) is 10.1. The zero-order chi connectivity index (χ0) is 18.3. The van der Waals surface area contributed by atoms with Crippen LogP contribution in [-0.4, -0.2) is 20.6 Å². The van der Waals surface area contributed by atoms with Gasteiger partial charge in [0.05, 0.1) is 11.8 Å². The van der Waals surface area contributed by atoms with Crippen molar-refractivity contribution in [1.29, 1.82) is 0 Å². The lowest BCUT2D eigenvalue weighted by Crippen LogP contribution is -2.20. The molecular formula is C21H24BrN3O. The molecule has 0 saturated heterocycles. The quantitative estimate of drug-likeness (QED) is 0.542. The highest BCUT2D eigenvalue weighted by Gasteiger charge is 2.19. The fourth-order valence-corrected chi connectivity index (χ4v) is 4.27. The SMILES string of the molecule is Cc1nc(-n2c(C)ccc2C)nc2c(OC3CCCCC3)cc(Br)cc12. The number of aromatic nitrogens is 3. The molecule has 136 valence electrons. The topological polar surface area (TPSA) is 39.9 Å². The van der Waals surface area contributed by atoms with Crippen LogP contribution >= 0.6 is 15.9 Å².